The van der Waals surface area contributed by atoms with Gasteiger partial charge >= 0.3 is 186 Å². The van der Waals surface area contributed by atoms with Gasteiger partial charge in [-0.1, -0.05) is 246 Å². The Morgan fingerprint density at radius 2 is 0.571 bits per heavy atom. The summed E-state index contributed by atoms with van der Waals surface area (Å²) in [5.41, 5.74) is 24.8. The fourth-order valence-corrected chi connectivity index (χ4v) is 29.4. The summed E-state index contributed by atoms with van der Waals surface area (Å²) in [4.78, 5) is 17.1. The summed E-state index contributed by atoms with van der Waals surface area (Å²) >= 11 is 10.9. The van der Waals surface area contributed by atoms with E-state index >= 15 is 0 Å². The third kappa shape index (κ3) is 23.7. The number of anilines is 9. The molecule has 17 heteroatoms. The van der Waals surface area contributed by atoms with Gasteiger partial charge in [0.05, 0.1) is 50.7 Å². The van der Waals surface area contributed by atoms with Crippen LogP contribution in [0.15, 0.2) is 300 Å². The number of fused-ring (bicyclic) bond motifs is 9. The van der Waals surface area contributed by atoms with Gasteiger partial charge in [-0.15, -0.1) is 22.7 Å². The number of aryl methyl sites for hydroxylation is 5. The molecule has 3 saturated heterocycles. The summed E-state index contributed by atoms with van der Waals surface area (Å²) in [5, 5.41) is 9.16. The van der Waals surface area contributed by atoms with Crippen molar-refractivity contribution in [2.45, 2.75) is 210 Å². The van der Waals surface area contributed by atoms with Crippen molar-refractivity contribution in [3.05, 3.63) is 334 Å². The van der Waals surface area contributed by atoms with Crippen LogP contribution in [0.3, 0.4) is 0 Å². The molecule has 5 aromatic heterocycles. The second kappa shape index (κ2) is 46.8. The molecular formula is C123H131Br2N5O6S3Sn. The van der Waals surface area contributed by atoms with E-state index in [1.807, 2.05) is 34.0 Å². The molecule has 0 amide bonds. The molecule has 3 aliphatic rings. The fraction of sp³-hybridized carbons (Fsp3) is 0.317. The van der Waals surface area contributed by atoms with Crippen LogP contribution in [0.4, 0.5) is 51.2 Å². The maximum atomic E-state index is 5.83. The number of halogens is 2. The van der Waals surface area contributed by atoms with Crippen molar-refractivity contribution in [2.75, 3.05) is 54.3 Å². The first-order valence-electron chi connectivity index (χ1n) is 51.1. The van der Waals surface area contributed by atoms with Crippen LogP contribution in [-0.4, -0.2) is 67.2 Å². The zero-order chi connectivity index (χ0) is 96.0. The average Bonchev–Trinajstić information content (AvgIpc) is 1.58. The summed E-state index contributed by atoms with van der Waals surface area (Å²) in [6.07, 6.45) is 26.1. The quantitative estimate of drug-likeness (QED) is 0.0280. The molecule has 0 aliphatic carbocycles. The molecule has 11 nitrogen and oxygen atoms in total. The molecule has 0 N–H and O–H groups in total. The van der Waals surface area contributed by atoms with E-state index in [0.29, 0.717) is 39.6 Å². The molecule has 13 aromatic carbocycles. The van der Waals surface area contributed by atoms with Crippen molar-refractivity contribution in [1.29, 1.82) is 0 Å². The molecule has 0 saturated carbocycles. The fourth-order valence-electron chi connectivity index (χ4n) is 20.2. The van der Waals surface area contributed by atoms with Crippen LogP contribution < -0.4 is 17.6 Å². The summed E-state index contributed by atoms with van der Waals surface area (Å²) < 4.78 is 47.7. The van der Waals surface area contributed by atoms with E-state index in [1.54, 1.807) is 2.89 Å². The first-order chi connectivity index (χ1) is 68.5. The summed E-state index contributed by atoms with van der Waals surface area (Å²) in [7, 11) is 0. The van der Waals surface area contributed by atoms with Gasteiger partial charge in [0.25, 0.3) is 0 Å². The molecule has 18 aromatic rings. The van der Waals surface area contributed by atoms with Crippen molar-refractivity contribution in [2.24, 2.45) is 0 Å². The van der Waals surface area contributed by atoms with Crippen molar-refractivity contribution >= 4 is 212 Å². The van der Waals surface area contributed by atoms with Gasteiger partial charge in [0.15, 0.2) is 12.6 Å². The summed E-state index contributed by atoms with van der Waals surface area (Å²) in [6.45, 7) is 16.9. The molecule has 0 unspecified atom stereocenters. The van der Waals surface area contributed by atoms with Gasteiger partial charge < -0.3 is 37.9 Å². The standard InChI is InChI=1S/C72H71N3O4S2.C24H31Br2N.C24H20NO2S.3CH3.Sn/c1-4-5-6-7-8-9-10-11-12-13-36-73-65-45-53(69-47-55-43-61(30-34-67(55)80-69)74(59-18-14-16-49(2)41-59)57-26-20-51(21-27-57)71-76-37-38-77-71)24-32-63(65)64-33-25-54(46-66(64)73)70-48-56-44-62(31-35-68(56)81-70)75(60-19-15-17-50(3)42-60)58-28-22-52(23-29-58)72-78-39-40-79-72;1-2-3-4-5-6-7-8-9-10-11-16-27-23-17-19(25)12-14-21(23)22-15-13-20(26)18-24(22)27;1-17-3-2-4-21(15-17)25(22-9-10-23-19(16-22)11-14-28-23)20-7-5-18(6-8-20)24-26-12-13-27-24;;;;/h14-35,41-48,71-72H,4-13,36-40H2,1-3H3;12-15,17-18H,2-11,16H2,1H3;2-11,15-16,24H,12-13H2,1H3;3*1H3;. The summed E-state index contributed by atoms with van der Waals surface area (Å²) in [6, 6.07) is 108. The minimum atomic E-state index is -2.10. The first kappa shape index (κ1) is 99.0. The molecular weight excluding hydrogens is 2020 g/mol. The van der Waals surface area contributed by atoms with E-state index in [2.05, 4.69) is 396 Å². The zero-order valence-corrected chi connectivity index (χ0v) is 90.9. The monoisotopic (exact) mass is 2150 g/mol. The number of hydrogen-bond acceptors (Lipinski definition) is 12. The van der Waals surface area contributed by atoms with Crippen LogP contribution in [0.2, 0.25) is 14.8 Å². The van der Waals surface area contributed by atoms with Crippen molar-refractivity contribution in [3.8, 4) is 20.9 Å². The zero-order valence-electron chi connectivity index (χ0n) is 82.4. The van der Waals surface area contributed by atoms with Crippen LogP contribution in [-0.2, 0) is 41.5 Å². The van der Waals surface area contributed by atoms with Crippen LogP contribution in [0.1, 0.15) is 195 Å². The predicted molar refractivity (Wildman–Crippen MR) is 607 cm³/mol. The van der Waals surface area contributed by atoms with Crippen LogP contribution in [0.25, 0.3) is 94.8 Å². The summed E-state index contributed by atoms with van der Waals surface area (Å²) in [5.74, 6) is 0. The number of benzene rings is 13. The molecule has 8 heterocycles. The Kier molecular flexibility index (Phi) is 33.1. The number of hydrogen-bond donors (Lipinski definition) is 0. The minimum absolute atomic E-state index is 0.249. The first-order valence-corrected chi connectivity index (χ1v) is 65.2. The van der Waals surface area contributed by atoms with E-state index in [-0.39, 0.29) is 18.9 Å². The van der Waals surface area contributed by atoms with E-state index < -0.39 is 18.4 Å². The van der Waals surface area contributed by atoms with E-state index in [4.69, 9.17) is 28.4 Å². The molecule has 0 atom stereocenters. The maximum absolute atomic E-state index is 5.83. The predicted octanol–water partition coefficient (Wildman–Crippen LogP) is 37.6. The Bertz CT molecular complexity index is 6940. The second-order valence-electron chi connectivity index (χ2n) is 39.2. The Balaban J connectivity index is 0.000000171. The molecule has 720 valence electrons. The number of aromatic nitrogens is 2. The van der Waals surface area contributed by atoms with E-state index in [9.17, 15) is 0 Å². The third-order valence-corrected chi connectivity index (χ3v) is 41.5. The third-order valence-electron chi connectivity index (χ3n) is 27.6. The molecule has 0 radical (unpaired) electrons. The Labute approximate surface area is 860 Å². The Morgan fingerprint density at radius 3 is 0.893 bits per heavy atom. The molecule has 21 rings (SSSR count). The Morgan fingerprint density at radius 1 is 0.286 bits per heavy atom. The molecule has 140 heavy (non-hydrogen) atoms. The van der Waals surface area contributed by atoms with Crippen molar-refractivity contribution < 1.29 is 28.4 Å². The van der Waals surface area contributed by atoms with Gasteiger partial charge in [-0.3, -0.25) is 0 Å². The average molecular weight is 2150 g/mol. The number of thiophene rings is 3. The van der Waals surface area contributed by atoms with Gasteiger partial charge in [0, 0.05) is 119 Å². The van der Waals surface area contributed by atoms with E-state index in [1.165, 1.54) is 239 Å². The van der Waals surface area contributed by atoms with Gasteiger partial charge in [-0.2, -0.15) is 0 Å². The van der Waals surface area contributed by atoms with Crippen LogP contribution >= 0.6 is 65.9 Å². The van der Waals surface area contributed by atoms with Crippen molar-refractivity contribution in [3.63, 3.8) is 0 Å². The van der Waals surface area contributed by atoms with Gasteiger partial charge in [0.1, 0.15) is 0 Å². The van der Waals surface area contributed by atoms with E-state index in [0.717, 1.165) is 90.6 Å². The van der Waals surface area contributed by atoms with Crippen LogP contribution in [0, 0.1) is 20.8 Å². The van der Waals surface area contributed by atoms with Gasteiger partial charge in [-0.25, -0.2) is 0 Å². The van der Waals surface area contributed by atoms with Crippen molar-refractivity contribution in [1.82, 2.24) is 9.13 Å². The normalized spacial score (nSPS) is 13.8. The van der Waals surface area contributed by atoms with Crippen LogP contribution in [0.5, 0.6) is 0 Å². The number of rotatable bonds is 37. The topological polar surface area (TPSA) is 75.0 Å². The SMILES string of the molecule is CCCCCCCCCCCCn1c2cc(-c3cc4cc(N(c5ccc(C6OCCO6)cc5)c5cccc(C)c5)ccc4s3)ccc2c2ccc(-c3cc4cc(N(c5ccc(C6OCCO6)cc5)c5cccc(C)c5)ccc4s3)cc21.CCCCCCCCCCCCn1c2cc(Br)ccc2c2ccc(Br)cc21.Cc1cccc(N(c2ccc(C3OCCO3)cc2)c2ccc3s[c]([Sn]([CH3])([CH3])[CH3])cc3c2)c1. The Hall–Kier alpha value is -9.74. The molecule has 3 fully saturated rings. The number of unbranched alkanes of at least 4 members (excludes halogenated alkanes) is 18. The second-order valence-corrected chi connectivity index (χ2v) is 59.7. The molecule has 0 spiro atoms. The van der Waals surface area contributed by atoms with Gasteiger partial charge in [-0.05, 0) is 193 Å². The van der Waals surface area contributed by atoms with Gasteiger partial charge in [0.2, 0.25) is 0 Å². The molecule has 0 bridgehead atoms. The molecule has 3 aliphatic heterocycles. The number of nitrogens with zero attached hydrogens (tertiary/aromatic N) is 5. The number of ether oxygens (including phenoxy) is 6.